The van der Waals surface area contributed by atoms with E-state index >= 15 is 0 Å². The Kier molecular flexibility index (Phi) is 13.5. The summed E-state index contributed by atoms with van der Waals surface area (Å²) in [6.07, 6.45) is -1.43. The van der Waals surface area contributed by atoms with Crippen molar-refractivity contribution in [3.8, 4) is 11.5 Å². The van der Waals surface area contributed by atoms with Crippen LogP contribution < -0.4 is 26.0 Å². The van der Waals surface area contributed by atoms with Crippen LogP contribution in [-0.2, 0) is 40.2 Å². The number of ether oxygens (including phenoxy) is 1. The minimum Gasteiger partial charge on any atom is -0.508 e. The van der Waals surface area contributed by atoms with Crippen molar-refractivity contribution < 1.29 is 34.4 Å². The van der Waals surface area contributed by atoms with E-state index in [0.717, 1.165) is 22.3 Å². The molecule has 286 valence electrons. The van der Waals surface area contributed by atoms with E-state index in [2.05, 4.69) is 21.3 Å². The third-order valence-corrected chi connectivity index (χ3v) is 9.90. The van der Waals surface area contributed by atoms with Gasteiger partial charge in [-0.1, -0.05) is 106 Å². The van der Waals surface area contributed by atoms with Gasteiger partial charge >= 0.3 is 0 Å². The van der Waals surface area contributed by atoms with Gasteiger partial charge in [0.15, 0.2) is 0 Å². The van der Waals surface area contributed by atoms with Crippen molar-refractivity contribution in [2.24, 2.45) is 5.41 Å². The lowest BCUT2D eigenvalue weighted by Crippen LogP contribution is -2.62. The number of nitrogens with one attached hydrogen (secondary N) is 4. The number of para-hydroxylation sites is 1. The molecule has 1 aliphatic rings. The standard InChI is InChI=1S/C43H52N4O7/c1-43(2,3)40(46-36(50)23-20-29-14-9-11-17-34(29)48)42(53)45-33(24-27-12-6-5-7-13-27)39(51)38(44-26-28-18-21-31(54-4)22-19-28)41(52)47-37-32-16-10-8-15-30(32)25-35(37)49/h5-19,21-22,33,35,37-40,44,48-49,51H,20,23-26H2,1-4H3,(H,45,53)(H,46,50)(H,47,52)/t33-,35+,37?,38+,39+,40+/m0/s1. The summed E-state index contributed by atoms with van der Waals surface area (Å²) < 4.78 is 5.29. The van der Waals surface area contributed by atoms with E-state index in [1.54, 1.807) is 43.5 Å². The highest BCUT2D eigenvalue weighted by Crippen LogP contribution is 2.31. The average Bonchev–Trinajstić information content (AvgIpc) is 3.47. The van der Waals surface area contributed by atoms with Crippen molar-refractivity contribution in [1.82, 2.24) is 21.3 Å². The molecule has 0 aromatic heterocycles. The molecule has 0 spiro atoms. The van der Waals surface area contributed by atoms with E-state index in [0.29, 0.717) is 17.7 Å². The topological polar surface area (TPSA) is 169 Å². The Morgan fingerprint density at radius 2 is 1.50 bits per heavy atom. The number of benzene rings is 4. The third-order valence-electron chi connectivity index (χ3n) is 9.90. The second kappa shape index (κ2) is 18.2. The first-order valence-electron chi connectivity index (χ1n) is 18.3. The lowest BCUT2D eigenvalue weighted by molar-refractivity contribution is -0.134. The predicted molar refractivity (Wildman–Crippen MR) is 207 cm³/mol. The van der Waals surface area contributed by atoms with Gasteiger partial charge in [-0.15, -0.1) is 0 Å². The van der Waals surface area contributed by atoms with Gasteiger partial charge in [-0.05, 0) is 64.3 Å². The molecule has 11 heteroatoms. The van der Waals surface area contributed by atoms with Gasteiger partial charge in [0.1, 0.15) is 23.6 Å². The van der Waals surface area contributed by atoms with E-state index < -0.39 is 53.6 Å². The smallest absolute Gasteiger partial charge is 0.243 e. The summed E-state index contributed by atoms with van der Waals surface area (Å²) in [5.41, 5.74) is 3.28. The minimum atomic E-state index is -1.46. The largest absolute Gasteiger partial charge is 0.508 e. The molecule has 0 saturated carbocycles. The van der Waals surface area contributed by atoms with Gasteiger partial charge in [-0.25, -0.2) is 0 Å². The van der Waals surface area contributed by atoms with E-state index in [4.69, 9.17) is 4.74 Å². The van der Waals surface area contributed by atoms with Gasteiger partial charge in [-0.3, -0.25) is 19.7 Å². The molecular formula is C43H52N4O7. The number of phenols is 1. The molecule has 1 unspecified atom stereocenters. The highest BCUT2D eigenvalue weighted by atomic mass is 16.5. The van der Waals surface area contributed by atoms with Crippen LogP contribution in [0.5, 0.6) is 11.5 Å². The molecule has 54 heavy (non-hydrogen) atoms. The Bertz CT molecular complexity index is 1860. The molecule has 0 heterocycles. The number of aliphatic hydroxyl groups is 2. The SMILES string of the molecule is COc1ccc(CN[C@@H](C(=O)NC2c3ccccc3C[C@H]2O)[C@H](O)[C@H](Cc2ccccc2)NC(=O)[C@@H](NC(=O)CCc2ccccc2O)C(C)(C)C)cc1. The number of carbonyl (C=O) groups is 3. The van der Waals surface area contributed by atoms with E-state index in [1.165, 1.54) is 0 Å². The molecule has 0 fully saturated rings. The molecule has 0 radical (unpaired) electrons. The summed E-state index contributed by atoms with van der Waals surface area (Å²) >= 11 is 0. The Balaban J connectivity index is 1.40. The summed E-state index contributed by atoms with van der Waals surface area (Å²) in [4.78, 5) is 41.7. The Labute approximate surface area is 317 Å². The first-order valence-corrected chi connectivity index (χ1v) is 18.3. The molecule has 0 saturated heterocycles. The number of methoxy groups -OCH3 is 1. The van der Waals surface area contributed by atoms with Gasteiger partial charge in [0.05, 0.1) is 31.4 Å². The van der Waals surface area contributed by atoms with Crippen LogP contribution in [0.2, 0.25) is 0 Å². The first kappa shape index (κ1) is 40.0. The van der Waals surface area contributed by atoms with Crippen molar-refractivity contribution >= 4 is 17.7 Å². The first-order chi connectivity index (χ1) is 25.8. The number of phenolic OH excluding ortho intramolecular Hbond substituents is 1. The zero-order chi connectivity index (χ0) is 38.8. The predicted octanol–water partition coefficient (Wildman–Crippen LogP) is 3.89. The fourth-order valence-electron chi connectivity index (χ4n) is 6.83. The quantitative estimate of drug-likeness (QED) is 0.0910. The molecule has 3 amide bonds. The van der Waals surface area contributed by atoms with Crippen molar-refractivity contribution in [2.45, 2.75) is 89.4 Å². The van der Waals surface area contributed by atoms with Crippen LogP contribution in [0.15, 0.2) is 103 Å². The maximum Gasteiger partial charge on any atom is 0.243 e. The van der Waals surface area contributed by atoms with Crippen LogP contribution >= 0.6 is 0 Å². The third kappa shape index (κ3) is 10.5. The number of hydrogen-bond donors (Lipinski definition) is 7. The van der Waals surface area contributed by atoms with Crippen LogP contribution in [-0.4, -0.2) is 70.5 Å². The lowest BCUT2D eigenvalue weighted by atomic mass is 9.85. The number of rotatable bonds is 16. The number of aliphatic hydroxyl groups excluding tert-OH is 2. The zero-order valence-electron chi connectivity index (χ0n) is 31.3. The molecule has 6 atom stereocenters. The highest BCUT2D eigenvalue weighted by Gasteiger charge is 2.40. The van der Waals surface area contributed by atoms with Crippen LogP contribution in [0, 0.1) is 5.41 Å². The molecule has 0 aliphatic heterocycles. The number of aryl methyl sites for hydroxylation is 1. The molecule has 11 nitrogen and oxygen atoms in total. The highest BCUT2D eigenvalue weighted by molar-refractivity contribution is 5.89. The van der Waals surface area contributed by atoms with Crippen molar-refractivity contribution in [3.63, 3.8) is 0 Å². The molecule has 4 aromatic carbocycles. The van der Waals surface area contributed by atoms with Crippen LogP contribution in [0.1, 0.15) is 61.1 Å². The number of hydrogen-bond acceptors (Lipinski definition) is 8. The van der Waals surface area contributed by atoms with Gasteiger partial charge in [0.2, 0.25) is 17.7 Å². The van der Waals surface area contributed by atoms with Gasteiger partial charge in [0.25, 0.3) is 0 Å². The van der Waals surface area contributed by atoms with Crippen molar-refractivity contribution in [3.05, 3.63) is 131 Å². The number of amides is 3. The second-order valence-electron chi connectivity index (χ2n) is 15.0. The van der Waals surface area contributed by atoms with Crippen molar-refractivity contribution in [2.75, 3.05) is 7.11 Å². The van der Waals surface area contributed by atoms with E-state index in [-0.39, 0.29) is 37.5 Å². The summed E-state index contributed by atoms with van der Waals surface area (Å²) in [7, 11) is 1.58. The van der Waals surface area contributed by atoms with Crippen LogP contribution in [0.4, 0.5) is 0 Å². The summed E-state index contributed by atoms with van der Waals surface area (Å²) in [6.45, 7) is 5.70. The number of carbonyl (C=O) groups excluding carboxylic acids is 3. The molecule has 5 rings (SSSR count). The second-order valence-corrected chi connectivity index (χ2v) is 15.0. The zero-order valence-corrected chi connectivity index (χ0v) is 31.3. The molecule has 4 aromatic rings. The Hall–Kier alpha value is -5.23. The Morgan fingerprint density at radius 1 is 0.833 bits per heavy atom. The lowest BCUT2D eigenvalue weighted by Gasteiger charge is -2.35. The normalized spacial score (nSPS) is 17.4. The average molecular weight is 737 g/mol. The molecule has 0 bridgehead atoms. The van der Waals surface area contributed by atoms with Crippen LogP contribution in [0.25, 0.3) is 0 Å². The molecule has 7 N–H and O–H groups in total. The fourth-order valence-corrected chi connectivity index (χ4v) is 6.83. The Morgan fingerprint density at radius 3 is 2.19 bits per heavy atom. The van der Waals surface area contributed by atoms with E-state index in [9.17, 15) is 29.7 Å². The van der Waals surface area contributed by atoms with Crippen molar-refractivity contribution in [1.29, 1.82) is 0 Å². The molecular weight excluding hydrogens is 684 g/mol. The molecule has 1 aliphatic carbocycles. The van der Waals surface area contributed by atoms with E-state index in [1.807, 2.05) is 87.5 Å². The van der Waals surface area contributed by atoms with Gasteiger partial charge in [-0.2, -0.15) is 0 Å². The summed E-state index contributed by atoms with van der Waals surface area (Å²) in [5.74, 6) is -0.672. The monoisotopic (exact) mass is 736 g/mol. The van der Waals surface area contributed by atoms with Gasteiger partial charge in [0, 0.05) is 19.4 Å². The number of fused-ring (bicyclic) bond motifs is 1. The van der Waals surface area contributed by atoms with Gasteiger partial charge < -0.3 is 36.0 Å². The fraction of sp³-hybridized carbons (Fsp3) is 0.372. The summed E-state index contributed by atoms with van der Waals surface area (Å²) in [6, 6.07) is 27.0. The maximum atomic E-state index is 14.3. The minimum absolute atomic E-state index is 0.0428. The maximum absolute atomic E-state index is 14.3. The van der Waals surface area contributed by atoms with Crippen LogP contribution in [0.3, 0.4) is 0 Å². The number of aromatic hydroxyl groups is 1. The summed E-state index contributed by atoms with van der Waals surface area (Å²) in [5, 5.41) is 45.4.